The number of allylic oxidation sites excluding steroid dienone is 5. The number of carbonyl (C=O) groups is 6. The van der Waals surface area contributed by atoms with E-state index >= 15 is 4.79 Å². The maximum absolute atomic E-state index is 15.1. The molecule has 120 heavy (non-hydrogen) atoms. The predicted octanol–water partition coefficient (Wildman–Crippen LogP) is 23.2. The Balaban J connectivity index is 2.85. The van der Waals surface area contributed by atoms with Crippen LogP contribution in [0.2, 0.25) is 52.4 Å². The second kappa shape index (κ2) is 54.5. The van der Waals surface area contributed by atoms with Crippen LogP contribution in [0.4, 0.5) is 19.2 Å². The normalized spacial score (nSPS) is 20.5. The molecule has 0 bridgehead atoms. The molecule has 1 heterocycles. The summed E-state index contributed by atoms with van der Waals surface area (Å²) in [7, 11) is -2.23. The number of methoxy groups -OCH3 is 3. The number of likely N-dealkylation sites (tertiary alicyclic amines) is 1. The topological polar surface area (TPSA) is 253 Å². The molecule has 0 aromatic carbocycles. The molecule has 0 aromatic heterocycles. The minimum absolute atomic E-state index is 0.0459. The summed E-state index contributed by atoms with van der Waals surface area (Å²) in [5, 5.41) is -0.102. The molecule has 2 fully saturated rings. The fourth-order valence-electron chi connectivity index (χ4n) is 17.1. The number of piperidine rings is 1. The Hall–Kier alpha value is -5.43. The van der Waals surface area contributed by atoms with E-state index in [0.717, 1.165) is 42.5 Å². The lowest BCUT2D eigenvalue weighted by Crippen LogP contribution is -2.53. The molecule has 2 unspecified atom stereocenters. The standard InChI is InChI=1S/C94H167NO22Si3/c1-34-53-106-90(99)111-81(61-80(110-88(97)77-47-43-44-52-95(77)89(98)114-93(23,24)25)71(19)58-75-49-51-78(83(59-75)103-30)116-120(64(9)10,65(11)12)66(13)14)70(18)57-73(21)86(117-119(38-5,39-6)63(7)8)87(104-31)85(113-92(101)108-55-36-3)72(20)56-67(15)45-41-40-42-46-68(16)79(102-29)60-76(115-118(32,33)94(26,27)28)50-48-69(17)82(112-91(100)107-54-35-2)62-84(96)109-74(22)105-37-4/h34-36,40-42,45-46,57,63-67,69-72,74-83,85-87H,1-3,37-39,43-44,47-56,58-62H2,4-33H3/b42-40+,45-41+,68-46+,73-57+/t67-,69-,70-,71-,72-,74?,75+,76+,77+,78-,79+,80+,81+,82?,83-,85-,86-,87+/m1/s1. The second-order valence-corrected chi connectivity index (χ2v) is 52.6. The first-order chi connectivity index (χ1) is 56.1. The average Bonchev–Trinajstić information content (AvgIpc) is 0.783. The molecule has 0 aromatic rings. The van der Waals surface area contributed by atoms with Gasteiger partial charge in [-0.25, -0.2) is 24.0 Å². The Kier molecular flexibility index (Phi) is 50.2. The van der Waals surface area contributed by atoms with E-state index in [4.69, 9.17) is 74.9 Å². The summed E-state index contributed by atoms with van der Waals surface area (Å²) in [5.41, 5.74) is 2.24. The third-order valence-corrected chi connectivity index (χ3v) is 40.8. The van der Waals surface area contributed by atoms with Crippen LogP contribution in [0.5, 0.6) is 0 Å². The largest absolute Gasteiger partial charge is 0.508 e. The van der Waals surface area contributed by atoms with Crippen LogP contribution < -0.4 is 0 Å². The molecule has 2 aliphatic rings. The predicted molar refractivity (Wildman–Crippen MR) is 485 cm³/mol. The highest BCUT2D eigenvalue weighted by Crippen LogP contribution is 2.47. The van der Waals surface area contributed by atoms with E-state index in [2.05, 4.69) is 143 Å². The van der Waals surface area contributed by atoms with Crippen molar-refractivity contribution in [3.05, 3.63) is 85.6 Å². The van der Waals surface area contributed by atoms with Gasteiger partial charge in [0.25, 0.3) is 0 Å². The minimum Gasteiger partial charge on any atom is -0.460 e. The third kappa shape index (κ3) is 36.6. The van der Waals surface area contributed by atoms with Gasteiger partial charge < -0.3 is 74.9 Å². The van der Waals surface area contributed by atoms with Gasteiger partial charge in [0.05, 0.1) is 30.8 Å². The van der Waals surface area contributed by atoms with Crippen LogP contribution in [0.15, 0.2) is 85.6 Å². The van der Waals surface area contributed by atoms with Crippen LogP contribution in [-0.4, -0.2) is 200 Å². The molecule has 2 rings (SSSR count). The molecule has 1 amide bonds. The highest BCUT2D eigenvalue weighted by Gasteiger charge is 2.51. The van der Waals surface area contributed by atoms with Gasteiger partial charge in [-0.3, -0.25) is 9.69 Å². The van der Waals surface area contributed by atoms with Gasteiger partial charge in [0.1, 0.15) is 62.0 Å². The Bertz CT molecular complexity index is 3170. The first-order valence-corrected chi connectivity index (χ1v) is 52.3. The highest BCUT2D eigenvalue weighted by molar-refractivity contribution is 6.77. The molecular weight excluding hydrogens is 1580 g/mol. The van der Waals surface area contributed by atoms with Crippen LogP contribution in [-0.2, 0) is 84.4 Å². The number of hydrogen-bond acceptors (Lipinski definition) is 22. The Morgan fingerprint density at radius 2 is 1.15 bits per heavy atom. The number of carbonyl (C=O) groups excluding carboxylic acids is 6. The lowest BCUT2D eigenvalue weighted by molar-refractivity contribution is -0.176. The smallest absolute Gasteiger partial charge is 0.460 e. The van der Waals surface area contributed by atoms with Crippen LogP contribution in [0.3, 0.4) is 0 Å². The maximum Gasteiger partial charge on any atom is 0.508 e. The van der Waals surface area contributed by atoms with Gasteiger partial charge in [-0.05, 0) is 206 Å². The second-order valence-electron chi connectivity index (χ2n) is 37.5. The number of nitrogens with zero attached hydrogens (tertiary/aromatic N) is 1. The average molecular weight is 1750 g/mol. The van der Waals surface area contributed by atoms with Gasteiger partial charge in [-0.1, -0.05) is 199 Å². The highest BCUT2D eigenvalue weighted by atomic mass is 28.4. The summed E-state index contributed by atoms with van der Waals surface area (Å²) in [6, 6.07) is 0.619. The molecule has 1 saturated carbocycles. The zero-order chi connectivity index (χ0) is 91.2. The Labute approximate surface area is 729 Å². The van der Waals surface area contributed by atoms with Gasteiger partial charge >= 0.3 is 36.5 Å². The lowest BCUT2D eigenvalue weighted by atomic mass is 9.78. The molecule has 0 radical (unpaired) electrons. The molecule has 18 atom stereocenters. The van der Waals surface area contributed by atoms with E-state index in [1.54, 1.807) is 49.0 Å². The molecule has 1 aliphatic carbocycles. The van der Waals surface area contributed by atoms with Crippen molar-refractivity contribution in [2.45, 2.75) is 388 Å². The number of esters is 2. The fourth-order valence-corrected chi connectivity index (χ4v) is 27.7. The van der Waals surface area contributed by atoms with Crippen molar-refractivity contribution in [3.8, 4) is 0 Å². The zero-order valence-electron chi connectivity index (χ0n) is 80.1. The summed E-state index contributed by atoms with van der Waals surface area (Å²) >= 11 is 0. The van der Waals surface area contributed by atoms with Crippen molar-refractivity contribution < 1.29 is 104 Å². The van der Waals surface area contributed by atoms with Crippen LogP contribution in [0.25, 0.3) is 0 Å². The summed E-state index contributed by atoms with van der Waals surface area (Å²) in [5.74, 6) is -2.56. The molecular formula is C94H167NO22Si3. The van der Waals surface area contributed by atoms with Crippen molar-refractivity contribution in [2.24, 2.45) is 35.5 Å². The zero-order valence-corrected chi connectivity index (χ0v) is 83.1. The third-order valence-electron chi connectivity index (χ3n) is 24.9. The quantitative estimate of drug-likeness (QED) is 0.0137. The first-order valence-electron chi connectivity index (χ1n) is 44.8. The fraction of sp³-hybridized carbons (Fsp3) is 0.787. The lowest BCUT2D eigenvalue weighted by Gasteiger charge is -2.48. The monoisotopic (exact) mass is 1750 g/mol. The molecule has 1 saturated heterocycles. The maximum atomic E-state index is 15.1. The molecule has 0 N–H and O–H groups in total. The molecule has 26 heteroatoms. The van der Waals surface area contributed by atoms with Crippen molar-refractivity contribution in [3.63, 3.8) is 0 Å². The van der Waals surface area contributed by atoms with Crippen molar-refractivity contribution >= 4 is 61.5 Å². The van der Waals surface area contributed by atoms with E-state index in [9.17, 15) is 24.0 Å². The molecule has 0 spiro atoms. The van der Waals surface area contributed by atoms with Crippen LogP contribution in [0, 0.1) is 35.5 Å². The van der Waals surface area contributed by atoms with E-state index in [0.29, 0.717) is 81.1 Å². The van der Waals surface area contributed by atoms with Crippen molar-refractivity contribution in [1.29, 1.82) is 0 Å². The van der Waals surface area contributed by atoms with Crippen molar-refractivity contribution in [2.75, 3.05) is 54.3 Å². The Morgan fingerprint density at radius 3 is 1.66 bits per heavy atom. The number of hydrogen-bond donors (Lipinski definition) is 0. The summed E-state index contributed by atoms with van der Waals surface area (Å²) in [6.07, 6.45) is 13.2. The summed E-state index contributed by atoms with van der Waals surface area (Å²) < 4.78 is 100. The van der Waals surface area contributed by atoms with Crippen LogP contribution in [0.1, 0.15) is 257 Å². The SMILES string of the molecule is C=CCOC(=O)OC(CC(=O)OC(C)OCC)[C@H](C)CC[C@@H](C[C@H](OC)/C(C)=C/C=C/C=C/[C@@H](C)C[C@@H](C)[C@@H](OC(=O)OCC=C)[C@H](OC)[C@H](O[Si](CC)(CC)C(C)C)/C(C)=C/[C@@H](C)[C@H](C[C@H](OC(=O)[C@@H]1CCCCN1C(=O)OC(C)(C)C)[C@H](C)C[C@@H]1CC[C@@H](O[Si](C(C)C)(C(C)C)C(C)C)[C@H](OC)C1)OC(=O)OCC=C)O[Si](C)(C)C(C)(C)C. The van der Waals surface area contributed by atoms with E-state index in [-0.39, 0.29) is 97.2 Å². The number of rotatable bonds is 54. The van der Waals surface area contributed by atoms with E-state index < -0.39 is 122 Å². The molecule has 1 aliphatic heterocycles. The van der Waals surface area contributed by atoms with Gasteiger partial charge in [0.2, 0.25) is 8.32 Å². The summed E-state index contributed by atoms with van der Waals surface area (Å²) in [6.45, 7) is 68.2. The van der Waals surface area contributed by atoms with E-state index in [1.165, 1.54) is 23.1 Å². The van der Waals surface area contributed by atoms with Crippen molar-refractivity contribution in [1.82, 2.24) is 4.90 Å². The summed E-state index contributed by atoms with van der Waals surface area (Å²) in [4.78, 5) is 84.7. The number of amides is 1. The van der Waals surface area contributed by atoms with E-state index in [1.807, 2.05) is 71.9 Å². The Morgan fingerprint density at radius 1 is 0.575 bits per heavy atom. The van der Waals surface area contributed by atoms with Gasteiger partial charge in [0, 0.05) is 59.3 Å². The first kappa shape index (κ1) is 111. The van der Waals surface area contributed by atoms with Crippen LogP contribution >= 0.6 is 0 Å². The minimum atomic E-state index is -2.68. The number of ether oxygens (including phenoxy) is 13. The van der Waals surface area contributed by atoms with Gasteiger partial charge in [-0.2, -0.15) is 0 Å². The van der Waals surface area contributed by atoms with Gasteiger partial charge in [0.15, 0.2) is 22.9 Å². The molecule has 23 nitrogen and oxygen atoms in total. The van der Waals surface area contributed by atoms with Gasteiger partial charge in [-0.15, -0.1) is 0 Å². The molecule has 692 valence electrons.